The van der Waals surface area contributed by atoms with Gasteiger partial charge in [-0.15, -0.1) is 0 Å². The Morgan fingerprint density at radius 1 is 1.45 bits per heavy atom. The number of hydrogen-bond donors (Lipinski definition) is 2. The van der Waals surface area contributed by atoms with Crippen LogP contribution in [-0.2, 0) is 9.53 Å². The largest absolute Gasteiger partial charge is 0.383 e. The Hall–Kier alpha value is -1.66. The molecule has 0 aliphatic heterocycles. The first kappa shape index (κ1) is 16.4. The van der Waals surface area contributed by atoms with Gasteiger partial charge in [0.25, 0.3) is 5.91 Å². The number of hydrogen-bond acceptors (Lipinski definition) is 4. The Morgan fingerprint density at radius 3 is 2.75 bits per heavy atom. The van der Waals surface area contributed by atoms with E-state index >= 15 is 0 Å². The minimum Gasteiger partial charge on any atom is -0.383 e. The third-order valence-electron chi connectivity index (χ3n) is 2.53. The molecule has 1 atom stereocenters. The lowest BCUT2D eigenvalue weighted by molar-refractivity contribution is -0.122. The Balaban J connectivity index is 2.58. The molecule has 1 aromatic heterocycles. The van der Waals surface area contributed by atoms with Crippen LogP contribution in [0.25, 0.3) is 0 Å². The summed E-state index contributed by atoms with van der Waals surface area (Å²) in [6.45, 7) is 4.17. The maximum Gasteiger partial charge on any atom is 0.252 e. The lowest BCUT2D eigenvalue weighted by Gasteiger charge is -2.14. The highest BCUT2D eigenvalue weighted by Crippen LogP contribution is 2.10. The molecule has 0 bridgehead atoms. The van der Waals surface area contributed by atoms with Gasteiger partial charge in [-0.3, -0.25) is 9.59 Å². The summed E-state index contributed by atoms with van der Waals surface area (Å²) in [5.41, 5.74) is 1.01. The van der Waals surface area contributed by atoms with E-state index < -0.39 is 6.04 Å². The van der Waals surface area contributed by atoms with Crippen LogP contribution in [0, 0.1) is 6.92 Å². The van der Waals surface area contributed by atoms with Crippen LogP contribution in [0.2, 0.25) is 5.15 Å². The molecule has 0 saturated carbocycles. The van der Waals surface area contributed by atoms with Gasteiger partial charge in [0.05, 0.1) is 6.61 Å². The van der Waals surface area contributed by atoms with Gasteiger partial charge in [0.1, 0.15) is 11.2 Å². The SMILES string of the molecule is COCCNC(=O)C(C)NC(=O)c1cc(C)nc(Cl)c1. The molecule has 110 valence electrons. The summed E-state index contributed by atoms with van der Waals surface area (Å²) >= 11 is 5.79. The number of amides is 2. The van der Waals surface area contributed by atoms with Gasteiger partial charge < -0.3 is 15.4 Å². The van der Waals surface area contributed by atoms with E-state index in [1.54, 1.807) is 27.0 Å². The second-order valence-corrected chi connectivity index (χ2v) is 4.69. The molecule has 1 heterocycles. The second kappa shape index (κ2) is 7.81. The standard InChI is InChI=1S/C13H18ClN3O3/c1-8-6-10(7-11(14)16-8)13(19)17-9(2)12(18)15-4-5-20-3/h6-7,9H,4-5H2,1-3H3,(H,15,18)(H,17,19). The molecule has 0 radical (unpaired) electrons. The Bertz CT molecular complexity index is 473. The number of carbonyl (C=O) groups excluding carboxylic acids is 2. The Kier molecular flexibility index (Phi) is 6.41. The zero-order chi connectivity index (χ0) is 15.1. The Labute approximate surface area is 122 Å². The van der Waals surface area contributed by atoms with Crippen molar-refractivity contribution in [1.29, 1.82) is 0 Å². The minimum absolute atomic E-state index is 0.243. The first-order valence-electron chi connectivity index (χ1n) is 6.15. The van der Waals surface area contributed by atoms with E-state index in [2.05, 4.69) is 15.6 Å². The smallest absolute Gasteiger partial charge is 0.252 e. The number of nitrogens with zero attached hydrogens (tertiary/aromatic N) is 1. The van der Waals surface area contributed by atoms with E-state index in [9.17, 15) is 9.59 Å². The summed E-state index contributed by atoms with van der Waals surface area (Å²) in [5, 5.41) is 5.49. The van der Waals surface area contributed by atoms with E-state index in [4.69, 9.17) is 16.3 Å². The van der Waals surface area contributed by atoms with Crippen LogP contribution in [-0.4, -0.2) is 43.1 Å². The molecule has 6 nitrogen and oxygen atoms in total. The highest BCUT2D eigenvalue weighted by molar-refractivity contribution is 6.29. The number of halogens is 1. The van der Waals surface area contributed by atoms with Gasteiger partial charge >= 0.3 is 0 Å². The lowest BCUT2D eigenvalue weighted by Crippen LogP contribution is -2.45. The van der Waals surface area contributed by atoms with Crippen molar-refractivity contribution >= 4 is 23.4 Å². The molecule has 0 saturated heterocycles. The number of pyridine rings is 1. The van der Waals surface area contributed by atoms with Gasteiger partial charge in [-0.05, 0) is 26.0 Å². The number of nitrogens with one attached hydrogen (secondary N) is 2. The Morgan fingerprint density at radius 2 is 2.15 bits per heavy atom. The van der Waals surface area contributed by atoms with Crippen molar-refractivity contribution in [3.63, 3.8) is 0 Å². The molecule has 2 amide bonds. The van der Waals surface area contributed by atoms with Crippen LogP contribution in [0.4, 0.5) is 0 Å². The third-order valence-corrected chi connectivity index (χ3v) is 2.72. The summed E-state index contributed by atoms with van der Waals surface area (Å²) in [6, 6.07) is 2.42. The number of carbonyl (C=O) groups is 2. The number of aromatic nitrogens is 1. The van der Waals surface area contributed by atoms with Crippen molar-refractivity contribution in [1.82, 2.24) is 15.6 Å². The van der Waals surface area contributed by atoms with Crippen LogP contribution in [0.15, 0.2) is 12.1 Å². The van der Waals surface area contributed by atoms with Gasteiger partial charge in [0.15, 0.2) is 0 Å². The first-order chi connectivity index (χ1) is 9.43. The normalized spacial score (nSPS) is 11.8. The van der Waals surface area contributed by atoms with E-state index in [-0.39, 0.29) is 17.0 Å². The molecule has 0 fully saturated rings. The van der Waals surface area contributed by atoms with E-state index in [0.29, 0.717) is 24.4 Å². The number of ether oxygens (including phenoxy) is 1. The van der Waals surface area contributed by atoms with Crippen LogP contribution >= 0.6 is 11.6 Å². The number of rotatable bonds is 6. The highest BCUT2D eigenvalue weighted by atomic mass is 35.5. The average molecular weight is 300 g/mol. The molecule has 1 rings (SSSR count). The topological polar surface area (TPSA) is 80.3 Å². The van der Waals surface area contributed by atoms with Crippen LogP contribution < -0.4 is 10.6 Å². The molecule has 0 aromatic carbocycles. The molecule has 2 N–H and O–H groups in total. The quantitative estimate of drug-likeness (QED) is 0.605. The van der Waals surface area contributed by atoms with Crippen LogP contribution in [0.1, 0.15) is 23.0 Å². The minimum atomic E-state index is -0.647. The fourth-order valence-corrected chi connectivity index (χ4v) is 1.78. The van der Waals surface area contributed by atoms with Crippen LogP contribution in [0.3, 0.4) is 0 Å². The predicted molar refractivity (Wildman–Crippen MR) is 75.8 cm³/mol. The summed E-state index contributed by atoms with van der Waals surface area (Å²) in [4.78, 5) is 27.7. The molecule has 0 aliphatic carbocycles. The van der Waals surface area contributed by atoms with Crippen LogP contribution in [0.5, 0.6) is 0 Å². The maximum absolute atomic E-state index is 12.0. The van der Waals surface area contributed by atoms with Gasteiger partial charge in [-0.2, -0.15) is 0 Å². The first-order valence-corrected chi connectivity index (χ1v) is 6.53. The monoisotopic (exact) mass is 299 g/mol. The van der Waals surface area contributed by atoms with Gasteiger partial charge in [-0.1, -0.05) is 11.6 Å². The summed E-state index contributed by atoms with van der Waals surface area (Å²) in [6.07, 6.45) is 0. The number of aryl methyl sites for hydroxylation is 1. The summed E-state index contributed by atoms with van der Waals surface area (Å²) in [7, 11) is 1.55. The fourth-order valence-electron chi connectivity index (χ4n) is 1.53. The molecule has 0 aliphatic rings. The lowest BCUT2D eigenvalue weighted by atomic mass is 10.2. The van der Waals surface area contributed by atoms with E-state index in [1.165, 1.54) is 6.07 Å². The average Bonchev–Trinajstić information content (AvgIpc) is 2.37. The molecule has 7 heteroatoms. The fraction of sp³-hybridized carbons (Fsp3) is 0.462. The van der Waals surface area contributed by atoms with Crippen molar-refractivity contribution < 1.29 is 14.3 Å². The van der Waals surface area contributed by atoms with Crippen molar-refractivity contribution in [3.05, 3.63) is 28.5 Å². The molecular formula is C13H18ClN3O3. The number of methoxy groups -OCH3 is 1. The van der Waals surface area contributed by atoms with Gasteiger partial charge in [0, 0.05) is 24.9 Å². The summed E-state index contributed by atoms with van der Waals surface area (Å²) in [5.74, 6) is -0.640. The molecule has 0 spiro atoms. The van der Waals surface area contributed by atoms with E-state index in [1.807, 2.05) is 0 Å². The molecule has 1 aromatic rings. The summed E-state index contributed by atoms with van der Waals surface area (Å²) < 4.78 is 4.83. The zero-order valence-corrected chi connectivity index (χ0v) is 12.5. The highest BCUT2D eigenvalue weighted by Gasteiger charge is 2.16. The third kappa shape index (κ3) is 5.14. The van der Waals surface area contributed by atoms with Crippen molar-refractivity contribution in [2.75, 3.05) is 20.3 Å². The zero-order valence-electron chi connectivity index (χ0n) is 11.7. The predicted octanol–water partition coefficient (Wildman–Crippen LogP) is 0.924. The maximum atomic E-state index is 12.0. The molecule has 1 unspecified atom stereocenters. The second-order valence-electron chi connectivity index (χ2n) is 4.30. The van der Waals surface area contributed by atoms with Gasteiger partial charge in [0.2, 0.25) is 5.91 Å². The molecular weight excluding hydrogens is 282 g/mol. The van der Waals surface area contributed by atoms with Crippen molar-refractivity contribution in [2.45, 2.75) is 19.9 Å². The van der Waals surface area contributed by atoms with Crippen molar-refractivity contribution in [2.24, 2.45) is 0 Å². The van der Waals surface area contributed by atoms with E-state index in [0.717, 1.165) is 0 Å². The van der Waals surface area contributed by atoms with Crippen molar-refractivity contribution in [3.8, 4) is 0 Å². The van der Waals surface area contributed by atoms with Gasteiger partial charge in [-0.25, -0.2) is 4.98 Å². The molecule has 20 heavy (non-hydrogen) atoms.